The molecule has 8 heteroatoms. The second-order valence-corrected chi connectivity index (χ2v) is 7.00. The first-order valence-electron chi connectivity index (χ1n) is 9.21. The fourth-order valence-electron chi connectivity index (χ4n) is 2.82. The first-order chi connectivity index (χ1) is 12.8. The zero-order valence-electron chi connectivity index (χ0n) is 15.9. The number of thiophene rings is 1. The quantitative estimate of drug-likeness (QED) is 0.341. The molecule has 1 aromatic heterocycles. The Morgan fingerprint density at radius 2 is 2.15 bits per heavy atom. The monoisotopic (exact) mass is 384 g/mol. The highest BCUT2D eigenvalue weighted by molar-refractivity contribution is 7.10. The molecule has 1 aliphatic heterocycles. The van der Waals surface area contributed by atoms with Gasteiger partial charge in [0.25, 0.3) is 0 Å². The normalized spacial score (nSPS) is 17.2. The lowest BCUT2D eigenvalue weighted by Gasteiger charge is -2.34. The van der Waals surface area contributed by atoms with Gasteiger partial charge in [-0.2, -0.15) is 0 Å². The molecular weight excluding hydrogens is 352 g/mol. The van der Waals surface area contributed by atoms with Crippen molar-refractivity contribution in [1.82, 2.24) is 15.5 Å². The molecule has 0 radical (unpaired) electrons. The number of guanidine groups is 1. The fraction of sp³-hybridized carbons (Fsp3) is 0.722. The van der Waals surface area contributed by atoms with Gasteiger partial charge in [-0.15, -0.1) is 11.3 Å². The van der Waals surface area contributed by atoms with Crippen LogP contribution in [0.1, 0.15) is 17.3 Å². The van der Waals surface area contributed by atoms with Crippen LogP contribution in [0.5, 0.6) is 0 Å². The maximum atomic E-state index is 5.50. The molecule has 1 unspecified atom stereocenters. The van der Waals surface area contributed by atoms with Crippen molar-refractivity contribution in [2.24, 2.45) is 4.99 Å². The van der Waals surface area contributed by atoms with Gasteiger partial charge in [0.05, 0.1) is 32.5 Å². The summed E-state index contributed by atoms with van der Waals surface area (Å²) in [6, 6.07) is 4.67. The van der Waals surface area contributed by atoms with Gasteiger partial charge in [0.2, 0.25) is 0 Å². The minimum Gasteiger partial charge on any atom is -0.382 e. The van der Waals surface area contributed by atoms with Crippen LogP contribution in [0.15, 0.2) is 22.5 Å². The van der Waals surface area contributed by atoms with Crippen LogP contribution in [0.4, 0.5) is 0 Å². The Morgan fingerprint density at radius 1 is 1.31 bits per heavy atom. The van der Waals surface area contributed by atoms with Gasteiger partial charge in [0.1, 0.15) is 0 Å². The molecule has 2 heterocycles. The number of hydrogen-bond donors (Lipinski definition) is 2. The van der Waals surface area contributed by atoms with Gasteiger partial charge in [-0.1, -0.05) is 6.07 Å². The van der Waals surface area contributed by atoms with Crippen LogP contribution in [0.25, 0.3) is 0 Å². The molecule has 2 rings (SSSR count). The van der Waals surface area contributed by atoms with Crippen molar-refractivity contribution in [1.29, 1.82) is 0 Å². The Balaban J connectivity index is 1.73. The summed E-state index contributed by atoms with van der Waals surface area (Å²) in [5.74, 6) is 0.830. The molecule has 0 aromatic carbocycles. The molecule has 1 saturated heterocycles. The zero-order valence-corrected chi connectivity index (χ0v) is 16.7. The molecule has 1 aliphatic rings. The van der Waals surface area contributed by atoms with Crippen molar-refractivity contribution >= 4 is 17.3 Å². The average molecular weight is 385 g/mol. The van der Waals surface area contributed by atoms with E-state index in [9.17, 15) is 0 Å². The number of rotatable bonds is 11. The summed E-state index contributed by atoms with van der Waals surface area (Å²) in [6.07, 6.45) is 0.933. The van der Waals surface area contributed by atoms with Crippen molar-refractivity contribution in [3.05, 3.63) is 22.4 Å². The average Bonchev–Trinajstić information content (AvgIpc) is 3.21. The summed E-state index contributed by atoms with van der Waals surface area (Å²) in [4.78, 5) is 8.19. The van der Waals surface area contributed by atoms with Gasteiger partial charge < -0.3 is 24.8 Å². The Labute approximate surface area is 160 Å². The van der Waals surface area contributed by atoms with E-state index in [0.29, 0.717) is 19.3 Å². The van der Waals surface area contributed by atoms with Gasteiger partial charge in [-0.25, -0.2) is 0 Å². The SMILES string of the molecule is CN=C(NCCCOCCOC)NCC(c1cccs1)N1CCOCC1. The van der Waals surface area contributed by atoms with Crippen molar-refractivity contribution < 1.29 is 14.2 Å². The van der Waals surface area contributed by atoms with Gasteiger partial charge in [-0.05, 0) is 17.9 Å². The van der Waals surface area contributed by atoms with Gasteiger partial charge in [0, 0.05) is 51.8 Å². The summed E-state index contributed by atoms with van der Waals surface area (Å²) < 4.78 is 15.9. The molecule has 26 heavy (non-hydrogen) atoms. The molecule has 0 amide bonds. The maximum Gasteiger partial charge on any atom is 0.191 e. The highest BCUT2D eigenvalue weighted by atomic mass is 32.1. The van der Waals surface area contributed by atoms with Gasteiger partial charge in [0.15, 0.2) is 5.96 Å². The first-order valence-corrected chi connectivity index (χ1v) is 10.1. The molecule has 0 aliphatic carbocycles. The van der Waals surface area contributed by atoms with Crippen LogP contribution in [0, 0.1) is 0 Å². The van der Waals surface area contributed by atoms with Crippen LogP contribution < -0.4 is 10.6 Å². The molecule has 148 valence electrons. The van der Waals surface area contributed by atoms with E-state index in [4.69, 9.17) is 14.2 Å². The number of hydrogen-bond acceptors (Lipinski definition) is 6. The Hall–Kier alpha value is -1.19. The molecule has 7 nitrogen and oxygen atoms in total. The number of aliphatic imine (C=N–C) groups is 1. The van der Waals surface area contributed by atoms with E-state index in [-0.39, 0.29) is 0 Å². The summed E-state index contributed by atoms with van der Waals surface area (Å²) in [5.41, 5.74) is 0. The highest BCUT2D eigenvalue weighted by Gasteiger charge is 2.23. The number of nitrogens with one attached hydrogen (secondary N) is 2. The molecule has 0 saturated carbocycles. The lowest BCUT2D eigenvalue weighted by Crippen LogP contribution is -2.46. The van der Waals surface area contributed by atoms with Crippen LogP contribution in [0.3, 0.4) is 0 Å². The van der Waals surface area contributed by atoms with Crippen molar-refractivity contribution in [3.8, 4) is 0 Å². The van der Waals surface area contributed by atoms with E-state index in [1.165, 1.54) is 4.88 Å². The van der Waals surface area contributed by atoms with Crippen molar-refractivity contribution in [2.75, 3.05) is 73.4 Å². The molecule has 0 spiro atoms. The summed E-state index contributed by atoms with van der Waals surface area (Å²) in [5, 5.41) is 8.96. The lowest BCUT2D eigenvalue weighted by molar-refractivity contribution is 0.0177. The summed E-state index contributed by atoms with van der Waals surface area (Å²) in [7, 11) is 3.49. The second kappa shape index (κ2) is 13.1. The van der Waals surface area contributed by atoms with E-state index in [0.717, 1.165) is 58.4 Å². The second-order valence-electron chi connectivity index (χ2n) is 6.02. The molecule has 1 aromatic rings. The van der Waals surface area contributed by atoms with Crippen molar-refractivity contribution in [2.45, 2.75) is 12.5 Å². The van der Waals surface area contributed by atoms with E-state index < -0.39 is 0 Å². The lowest BCUT2D eigenvalue weighted by atomic mass is 10.2. The van der Waals surface area contributed by atoms with Crippen molar-refractivity contribution in [3.63, 3.8) is 0 Å². The largest absolute Gasteiger partial charge is 0.382 e. The summed E-state index contributed by atoms with van der Waals surface area (Å²) >= 11 is 1.81. The Bertz CT molecular complexity index is 493. The predicted molar refractivity (Wildman–Crippen MR) is 106 cm³/mol. The summed E-state index contributed by atoms with van der Waals surface area (Å²) in [6.45, 7) is 7.20. The number of methoxy groups -OCH3 is 1. The minimum atomic E-state index is 0.342. The maximum absolute atomic E-state index is 5.50. The number of ether oxygens (including phenoxy) is 3. The van der Waals surface area contributed by atoms with Crippen LogP contribution >= 0.6 is 11.3 Å². The third-order valence-electron chi connectivity index (χ3n) is 4.23. The third kappa shape index (κ3) is 7.59. The molecule has 2 N–H and O–H groups in total. The number of morpholine rings is 1. The van der Waals surface area contributed by atoms with E-state index in [1.54, 1.807) is 25.5 Å². The third-order valence-corrected chi connectivity index (χ3v) is 5.21. The van der Waals surface area contributed by atoms with E-state index in [2.05, 4.69) is 38.0 Å². The smallest absolute Gasteiger partial charge is 0.191 e. The van der Waals surface area contributed by atoms with E-state index >= 15 is 0 Å². The van der Waals surface area contributed by atoms with Crippen LogP contribution in [-0.2, 0) is 14.2 Å². The van der Waals surface area contributed by atoms with Gasteiger partial charge in [-0.3, -0.25) is 9.89 Å². The number of nitrogens with zero attached hydrogens (tertiary/aromatic N) is 2. The predicted octanol–water partition coefficient (Wildman–Crippen LogP) is 1.34. The van der Waals surface area contributed by atoms with E-state index in [1.807, 2.05) is 0 Å². The van der Waals surface area contributed by atoms with Crippen LogP contribution in [0.2, 0.25) is 0 Å². The Morgan fingerprint density at radius 3 is 2.85 bits per heavy atom. The zero-order chi connectivity index (χ0) is 18.5. The van der Waals surface area contributed by atoms with Gasteiger partial charge >= 0.3 is 0 Å². The fourth-order valence-corrected chi connectivity index (χ4v) is 3.68. The molecule has 0 bridgehead atoms. The highest BCUT2D eigenvalue weighted by Crippen LogP contribution is 2.25. The minimum absolute atomic E-state index is 0.342. The van der Waals surface area contributed by atoms with Crippen LogP contribution in [-0.4, -0.2) is 84.2 Å². The first kappa shape index (κ1) is 21.1. The Kier molecular flexibility index (Phi) is 10.6. The topological polar surface area (TPSA) is 67.4 Å². The molecular formula is C18H32N4O3S. The molecule has 1 fully saturated rings. The standard InChI is InChI=1S/C18H32N4O3S/c1-19-18(20-6-4-9-24-13-12-23-2)21-15-16(17-5-3-14-26-17)22-7-10-25-11-8-22/h3,5,14,16H,4,6-13,15H2,1-2H3,(H2,19,20,21). The molecule has 1 atom stereocenters.